The Balaban J connectivity index is 3.38. The normalized spacial score (nSPS) is 12.1. The van der Waals surface area contributed by atoms with Crippen LogP contribution in [-0.2, 0) is 19.1 Å². The lowest BCUT2D eigenvalue weighted by molar-refractivity contribution is -0.161. The van der Waals surface area contributed by atoms with Crippen LogP contribution in [0.5, 0.6) is 0 Å². The average molecular weight is 1000 g/mol. The highest BCUT2D eigenvalue weighted by Crippen LogP contribution is 2.19. The van der Waals surface area contributed by atoms with E-state index in [4.69, 9.17) is 9.47 Å². The van der Waals surface area contributed by atoms with Crippen molar-refractivity contribution in [3.05, 3.63) is 12.2 Å². The largest absolute Gasteiger partial charge is 0.462 e. The number of rotatable bonds is 62. The van der Waals surface area contributed by atoms with Crippen molar-refractivity contribution < 1.29 is 24.2 Å². The third kappa shape index (κ3) is 61.1. The number of allylic oxidation sites excluding steroid dienone is 2. The number of hydrogen-bond donors (Lipinski definition) is 1. The van der Waals surface area contributed by atoms with E-state index in [1.807, 2.05) is 0 Å². The molecule has 0 bridgehead atoms. The fraction of sp³-hybridized carbons (Fsp3) is 0.939. The summed E-state index contributed by atoms with van der Waals surface area (Å²) in [6.45, 7) is 4.21. The zero-order chi connectivity index (χ0) is 51.3. The number of aliphatic hydroxyl groups excluding tert-OH is 1. The van der Waals surface area contributed by atoms with Crippen LogP contribution >= 0.6 is 0 Å². The second-order valence-electron chi connectivity index (χ2n) is 22.6. The molecule has 0 heterocycles. The van der Waals surface area contributed by atoms with Gasteiger partial charge < -0.3 is 14.6 Å². The van der Waals surface area contributed by atoms with Crippen molar-refractivity contribution in [2.75, 3.05) is 13.2 Å². The van der Waals surface area contributed by atoms with Gasteiger partial charge in [0.05, 0.1) is 6.61 Å². The van der Waals surface area contributed by atoms with Gasteiger partial charge in [-0.25, -0.2) is 0 Å². The van der Waals surface area contributed by atoms with E-state index in [-0.39, 0.29) is 25.2 Å². The van der Waals surface area contributed by atoms with E-state index < -0.39 is 6.10 Å². The van der Waals surface area contributed by atoms with Gasteiger partial charge in [-0.3, -0.25) is 9.59 Å². The maximum atomic E-state index is 12.3. The first kappa shape index (κ1) is 69.6. The molecular weight excluding hydrogens is 873 g/mol. The van der Waals surface area contributed by atoms with E-state index in [1.165, 1.54) is 321 Å². The zero-order valence-corrected chi connectivity index (χ0v) is 48.5. The first-order chi connectivity index (χ1) is 35.1. The Kier molecular flexibility index (Phi) is 61.7. The minimum absolute atomic E-state index is 0.0570. The van der Waals surface area contributed by atoms with Crippen LogP contribution in [0.4, 0.5) is 0 Å². The van der Waals surface area contributed by atoms with Crippen LogP contribution in [0.2, 0.25) is 0 Å². The maximum absolute atomic E-state index is 12.3. The van der Waals surface area contributed by atoms with E-state index in [0.29, 0.717) is 12.8 Å². The monoisotopic (exact) mass is 1000 g/mol. The van der Waals surface area contributed by atoms with E-state index in [2.05, 4.69) is 26.0 Å². The third-order valence-corrected chi connectivity index (χ3v) is 15.3. The van der Waals surface area contributed by atoms with Crippen molar-refractivity contribution in [2.45, 2.75) is 386 Å². The number of carbonyl (C=O) groups excluding carboxylic acids is 2. The van der Waals surface area contributed by atoms with Gasteiger partial charge in [0.2, 0.25) is 0 Å². The molecule has 422 valence electrons. The molecule has 0 radical (unpaired) electrons. The molecule has 0 saturated heterocycles. The van der Waals surface area contributed by atoms with E-state index >= 15 is 0 Å². The summed E-state index contributed by atoms with van der Waals surface area (Å²) in [5.41, 5.74) is 0. The number of carbonyl (C=O) groups is 2. The molecule has 0 aliphatic heterocycles. The lowest BCUT2D eigenvalue weighted by atomic mass is 10.0. The van der Waals surface area contributed by atoms with E-state index in [1.54, 1.807) is 0 Å². The van der Waals surface area contributed by atoms with Crippen molar-refractivity contribution in [1.29, 1.82) is 0 Å². The standard InChI is InChI=1S/C66H128O5/c1-3-5-7-9-11-13-15-17-19-21-23-25-27-29-31-33-35-37-39-41-43-45-47-49-51-53-55-57-59-61-66(69)71-64(62-67)63-70-65(68)60-58-56-54-52-50-48-46-44-42-40-38-36-34-32-30-28-26-24-22-20-18-16-14-12-10-8-6-4-2/h21,23,64,67H,3-20,22,24-63H2,1-2H3/b23-21-. The molecule has 0 aromatic heterocycles. The number of ether oxygens (including phenoxy) is 2. The van der Waals surface area contributed by atoms with Gasteiger partial charge in [0.25, 0.3) is 0 Å². The van der Waals surface area contributed by atoms with Gasteiger partial charge in [-0.05, 0) is 38.5 Å². The Morgan fingerprint density at radius 1 is 0.310 bits per heavy atom. The molecule has 0 rings (SSSR count). The number of esters is 2. The second-order valence-corrected chi connectivity index (χ2v) is 22.6. The van der Waals surface area contributed by atoms with Crippen molar-refractivity contribution in [3.63, 3.8) is 0 Å². The summed E-state index contributed by atoms with van der Waals surface area (Å²) in [6.07, 6.45) is 79.5. The van der Waals surface area contributed by atoms with Gasteiger partial charge >= 0.3 is 11.9 Å². The molecule has 0 amide bonds. The van der Waals surface area contributed by atoms with Gasteiger partial charge in [-0.2, -0.15) is 0 Å². The molecule has 0 spiro atoms. The Bertz CT molecular complexity index is 1040. The molecule has 0 aromatic carbocycles. The summed E-state index contributed by atoms with van der Waals surface area (Å²) in [4.78, 5) is 24.6. The van der Waals surface area contributed by atoms with Crippen LogP contribution in [0.1, 0.15) is 380 Å². The molecule has 0 aromatic rings. The predicted molar refractivity (Wildman–Crippen MR) is 312 cm³/mol. The topological polar surface area (TPSA) is 72.8 Å². The first-order valence-electron chi connectivity index (χ1n) is 32.7. The highest BCUT2D eigenvalue weighted by atomic mass is 16.6. The lowest BCUT2D eigenvalue weighted by Gasteiger charge is -2.15. The molecule has 5 heteroatoms. The highest BCUT2D eigenvalue weighted by molar-refractivity contribution is 5.70. The third-order valence-electron chi connectivity index (χ3n) is 15.3. The highest BCUT2D eigenvalue weighted by Gasteiger charge is 2.16. The molecule has 1 atom stereocenters. The molecule has 1 N–H and O–H groups in total. The average Bonchev–Trinajstić information content (AvgIpc) is 3.37. The summed E-state index contributed by atoms with van der Waals surface area (Å²) in [6, 6.07) is 0. The predicted octanol–water partition coefficient (Wildman–Crippen LogP) is 22.3. The van der Waals surface area contributed by atoms with Gasteiger partial charge in [-0.1, -0.05) is 341 Å². The molecule has 0 aliphatic rings. The molecule has 71 heavy (non-hydrogen) atoms. The van der Waals surface area contributed by atoms with Crippen LogP contribution in [0.25, 0.3) is 0 Å². The van der Waals surface area contributed by atoms with Crippen molar-refractivity contribution in [2.24, 2.45) is 0 Å². The van der Waals surface area contributed by atoms with Gasteiger partial charge in [0.1, 0.15) is 6.61 Å². The van der Waals surface area contributed by atoms with Crippen molar-refractivity contribution in [1.82, 2.24) is 0 Å². The first-order valence-corrected chi connectivity index (χ1v) is 32.7. The summed E-state index contributed by atoms with van der Waals surface area (Å²) in [5.74, 6) is -0.563. The van der Waals surface area contributed by atoms with E-state index in [9.17, 15) is 14.7 Å². The Morgan fingerprint density at radius 3 is 0.761 bits per heavy atom. The molecular formula is C66H128O5. The quantitative estimate of drug-likeness (QED) is 0.0373. The molecule has 1 unspecified atom stereocenters. The summed E-state index contributed by atoms with van der Waals surface area (Å²) < 4.78 is 10.8. The fourth-order valence-electron chi connectivity index (χ4n) is 10.4. The second kappa shape index (κ2) is 62.9. The molecule has 0 aliphatic carbocycles. The Labute approximate surface area is 445 Å². The minimum atomic E-state index is -0.767. The molecule has 0 saturated carbocycles. The Morgan fingerprint density at radius 2 is 0.521 bits per heavy atom. The minimum Gasteiger partial charge on any atom is -0.462 e. The number of hydrogen-bond acceptors (Lipinski definition) is 5. The van der Waals surface area contributed by atoms with Crippen LogP contribution in [-0.4, -0.2) is 36.4 Å². The van der Waals surface area contributed by atoms with Gasteiger partial charge in [0, 0.05) is 12.8 Å². The zero-order valence-electron chi connectivity index (χ0n) is 48.5. The van der Waals surface area contributed by atoms with Crippen molar-refractivity contribution >= 4 is 11.9 Å². The summed E-state index contributed by atoms with van der Waals surface area (Å²) >= 11 is 0. The maximum Gasteiger partial charge on any atom is 0.306 e. The van der Waals surface area contributed by atoms with Gasteiger partial charge in [-0.15, -0.1) is 0 Å². The van der Waals surface area contributed by atoms with E-state index in [0.717, 1.165) is 32.1 Å². The van der Waals surface area contributed by atoms with Gasteiger partial charge in [0.15, 0.2) is 6.10 Å². The smallest absolute Gasteiger partial charge is 0.306 e. The van der Waals surface area contributed by atoms with Crippen molar-refractivity contribution in [3.8, 4) is 0 Å². The SMILES string of the molecule is CCCCCCCCCC/C=C\CCCCCCCCCCCCCCCCCCCC(=O)OC(CO)COC(=O)CCCCCCCCCCCCCCCCCCCCCCCCCCCCCC. The molecule has 5 nitrogen and oxygen atoms in total. The molecule has 0 fully saturated rings. The lowest BCUT2D eigenvalue weighted by Crippen LogP contribution is -2.28. The van der Waals surface area contributed by atoms with Crippen LogP contribution in [0.15, 0.2) is 12.2 Å². The number of unbranched alkanes of at least 4 members (excludes halogenated alkanes) is 52. The van der Waals surface area contributed by atoms with Crippen LogP contribution in [0.3, 0.4) is 0 Å². The summed E-state index contributed by atoms with van der Waals surface area (Å²) in [5, 5.41) is 9.68. The Hall–Kier alpha value is -1.36. The fourth-order valence-corrected chi connectivity index (χ4v) is 10.4. The number of aliphatic hydroxyl groups is 1. The summed E-state index contributed by atoms with van der Waals surface area (Å²) in [7, 11) is 0. The van der Waals surface area contributed by atoms with Crippen LogP contribution < -0.4 is 0 Å². The van der Waals surface area contributed by atoms with Crippen LogP contribution in [0, 0.1) is 0 Å².